The number of pyridine rings is 1. The smallest absolute Gasteiger partial charge is 0.250 e. The van der Waals surface area contributed by atoms with Crippen LogP contribution in [0.5, 0.6) is 0 Å². The van der Waals surface area contributed by atoms with E-state index < -0.39 is 16.9 Å². The molecule has 0 spiro atoms. The van der Waals surface area contributed by atoms with Gasteiger partial charge in [-0.05, 0) is 18.4 Å². The number of likely N-dealkylation sites (tertiary alicyclic amines) is 1. The molecule has 1 saturated heterocycles. The largest absolute Gasteiger partial charge is 0.391 e. The lowest BCUT2D eigenvalue weighted by Crippen LogP contribution is -2.49. The van der Waals surface area contributed by atoms with Gasteiger partial charge < -0.3 is 9.67 Å². The Balaban J connectivity index is 1.65. The standard InChI is InChI=1S/C17H24N2O3S/c1-2-6-23(22)12-15(20)11-18-8-13-7-14(10-18)16-4-3-5-17(21)19(16)9-13/h2-5,13-15,20H,1,6-12H2/t13-,14+,15+,23-/m1/s1. The quantitative estimate of drug-likeness (QED) is 0.771. The first-order valence-electron chi connectivity index (χ1n) is 8.13. The average molecular weight is 336 g/mol. The molecule has 3 heterocycles. The SMILES string of the molecule is C=CC[S@@](=O)C[C@@H](O)CN1C[C@H]2C[C@@H](C1)c1cccc(=O)n1C2. The van der Waals surface area contributed by atoms with Crippen molar-refractivity contribution in [3.8, 4) is 0 Å². The van der Waals surface area contributed by atoms with Gasteiger partial charge in [0, 0.05) is 60.4 Å². The number of hydrogen-bond acceptors (Lipinski definition) is 4. The fourth-order valence-electron chi connectivity index (χ4n) is 3.91. The van der Waals surface area contributed by atoms with Crippen molar-refractivity contribution < 1.29 is 9.32 Å². The predicted molar refractivity (Wildman–Crippen MR) is 92.1 cm³/mol. The molecule has 0 radical (unpaired) electrons. The van der Waals surface area contributed by atoms with Crippen LogP contribution < -0.4 is 5.56 Å². The Bertz CT molecular complexity index is 657. The van der Waals surface area contributed by atoms with Gasteiger partial charge in [-0.3, -0.25) is 13.9 Å². The molecule has 23 heavy (non-hydrogen) atoms. The molecule has 1 aromatic heterocycles. The van der Waals surface area contributed by atoms with Crippen LogP contribution in [0.25, 0.3) is 0 Å². The van der Waals surface area contributed by atoms with Crippen molar-refractivity contribution in [2.75, 3.05) is 31.1 Å². The van der Waals surface area contributed by atoms with Crippen LogP contribution in [0.1, 0.15) is 18.0 Å². The Morgan fingerprint density at radius 2 is 2.22 bits per heavy atom. The summed E-state index contributed by atoms with van der Waals surface area (Å²) in [4.78, 5) is 14.3. The van der Waals surface area contributed by atoms with E-state index in [2.05, 4.69) is 11.5 Å². The number of fused-ring (bicyclic) bond motifs is 4. The van der Waals surface area contributed by atoms with E-state index in [4.69, 9.17) is 0 Å². The van der Waals surface area contributed by atoms with E-state index in [0.29, 0.717) is 29.9 Å². The molecular weight excluding hydrogens is 312 g/mol. The van der Waals surface area contributed by atoms with Crippen molar-refractivity contribution in [2.45, 2.75) is 25.0 Å². The number of aliphatic hydroxyl groups excluding tert-OH is 1. The van der Waals surface area contributed by atoms with E-state index in [-0.39, 0.29) is 5.56 Å². The van der Waals surface area contributed by atoms with E-state index in [1.54, 1.807) is 12.1 Å². The van der Waals surface area contributed by atoms with Crippen LogP contribution in [0.2, 0.25) is 0 Å². The van der Waals surface area contributed by atoms with Crippen LogP contribution in [-0.4, -0.2) is 56.0 Å². The number of rotatable bonds is 6. The first-order valence-corrected chi connectivity index (χ1v) is 9.61. The Hall–Kier alpha value is -1.24. The summed E-state index contributed by atoms with van der Waals surface area (Å²) in [5, 5.41) is 10.2. The molecule has 6 heteroatoms. The molecule has 1 aromatic rings. The highest BCUT2D eigenvalue weighted by Gasteiger charge is 2.34. The van der Waals surface area contributed by atoms with Gasteiger partial charge in [-0.15, -0.1) is 6.58 Å². The molecule has 1 N–H and O–H groups in total. The number of piperidine rings is 1. The molecule has 5 nitrogen and oxygen atoms in total. The highest BCUT2D eigenvalue weighted by molar-refractivity contribution is 7.85. The van der Waals surface area contributed by atoms with Crippen LogP contribution in [-0.2, 0) is 17.3 Å². The van der Waals surface area contributed by atoms with Crippen molar-refractivity contribution in [1.29, 1.82) is 0 Å². The second-order valence-electron chi connectivity index (χ2n) is 6.63. The molecule has 2 aliphatic heterocycles. The van der Waals surface area contributed by atoms with Gasteiger partial charge in [0.25, 0.3) is 5.56 Å². The monoisotopic (exact) mass is 336 g/mol. The summed E-state index contributed by atoms with van der Waals surface area (Å²) in [6, 6.07) is 5.50. The maximum atomic E-state index is 12.0. The van der Waals surface area contributed by atoms with Crippen molar-refractivity contribution >= 4 is 10.8 Å². The molecule has 4 atom stereocenters. The zero-order valence-corrected chi connectivity index (χ0v) is 14.1. The van der Waals surface area contributed by atoms with Crippen LogP contribution in [0, 0.1) is 5.92 Å². The van der Waals surface area contributed by atoms with E-state index in [1.165, 1.54) is 0 Å². The molecule has 126 valence electrons. The lowest BCUT2D eigenvalue weighted by Gasteiger charge is -2.43. The molecule has 0 aliphatic carbocycles. The minimum Gasteiger partial charge on any atom is -0.391 e. The third-order valence-electron chi connectivity index (χ3n) is 4.71. The fraction of sp³-hybridized carbons (Fsp3) is 0.588. The maximum absolute atomic E-state index is 12.0. The van der Waals surface area contributed by atoms with E-state index in [1.807, 2.05) is 16.7 Å². The summed E-state index contributed by atoms with van der Waals surface area (Å²) in [5.41, 5.74) is 1.20. The van der Waals surface area contributed by atoms with Crippen LogP contribution in [0.4, 0.5) is 0 Å². The van der Waals surface area contributed by atoms with Gasteiger partial charge in [0.05, 0.1) is 11.9 Å². The maximum Gasteiger partial charge on any atom is 0.250 e. The predicted octanol–water partition coefficient (Wildman–Crippen LogP) is 0.563. The van der Waals surface area contributed by atoms with Crippen molar-refractivity contribution in [3.63, 3.8) is 0 Å². The van der Waals surface area contributed by atoms with Crippen LogP contribution in [0.3, 0.4) is 0 Å². The topological polar surface area (TPSA) is 62.5 Å². The van der Waals surface area contributed by atoms with Crippen molar-refractivity contribution in [1.82, 2.24) is 9.47 Å². The van der Waals surface area contributed by atoms with Gasteiger partial charge in [0.2, 0.25) is 0 Å². The molecule has 0 unspecified atom stereocenters. The summed E-state index contributed by atoms with van der Waals surface area (Å²) >= 11 is 0. The Morgan fingerprint density at radius 1 is 1.39 bits per heavy atom. The molecule has 0 amide bonds. The number of β-amino-alcohol motifs (C(OH)–C–C–N with tert-alkyl or cyclic N) is 1. The lowest BCUT2D eigenvalue weighted by molar-refractivity contribution is 0.0714. The molecule has 1 fully saturated rings. The summed E-state index contributed by atoms with van der Waals surface area (Å²) < 4.78 is 13.6. The number of nitrogens with zero attached hydrogens (tertiary/aromatic N) is 2. The number of aromatic nitrogens is 1. The Labute approximate surface area is 139 Å². The van der Waals surface area contributed by atoms with Crippen molar-refractivity contribution in [2.24, 2.45) is 5.92 Å². The highest BCUT2D eigenvalue weighted by atomic mass is 32.2. The lowest BCUT2D eigenvalue weighted by atomic mass is 9.83. The highest BCUT2D eigenvalue weighted by Crippen LogP contribution is 2.34. The number of hydrogen-bond donors (Lipinski definition) is 1. The molecule has 2 aliphatic rings. The molecule has 0 saturated carbocycles. The second-order valence-corrected chi connectivity index (χ2v) is 8.18. The summed E-state index contributed by atoms with van der Waals surface area (Å²) in [5.74, 6) is 1.53. The molecular formula is C17H24N2O3S. The zero-order chi connectivity index (χ0) is 16.4. The van der Waals surface area contributed by atoms with Crippen LogP contribution in [0.15, 0.2) is 35.6 Å². The third-order valence-corrected chi connectivity index (χ3v) is 6.07. The van der Waals surface area contributed by atoms with Gasteiger partial charge >= 0.3 is 0 Å². The molecule has 0 aromatic carbocycles. The third kappa shape index (κ3) is 3.82. The van der Waals surface area contributed by atoms with Gasteiger partial charge in [-0.2, -0.15) is 0 Å². The number of aliphatic hydroxyl groups is 1. The summed E-state index contributed by atoms with van der Waals surface area (Å²) in [7, 11) is -1.04. The first kappa shape index (κ1) is 16.6. The van der Waals surface area contributed by atoms with Gasteiger partial charge in [-0.1, -0.05) is 12.1 Å². The summed E-state index contributed by atoms with van der Waals surface area (Å²) in [6.45, 7) is 6.63. The van der Waals surface area contributed by atoms with Gasteiger partial charge in [-0.25, -0.2) is 0 Å². The zero-order valence-electron chi connectivity index (χ0n) is 13.3. The first-order chi connectivity index (χ1) is 11.1. The normalized spacial score (nSPS) is 26.3. The fourth-order valence-corrected chi connectivity index (χ4v) is 4.84. The summed E-state index contributed by atoms with van der Waals surface area (Å²) in [6.07, 6.45) is 2.16. The average Bonchev–Trinajstić information content (AvgIpc) is 2.48. The molecule has 2 bridgehead atoms. The van der Waals surface area contributed by atoms with Crippen molar-refractivity contribution in [3.05, 3.63) is 46.9 Å². The van der Waals surface area contributed by atoms with E-state index >= 15 is 0 Å². The minimum atomic E-state index is -1.04. The van der Waals surface area contributed by atoms with E-state index in [0.717, 1.165) is 31.7 Å². The molecule has 3 rings (SSSR count). The minimum absolute atomic E-state index is 0.0884. The van der Waals surface area contributed by atoms with Crippen LogP contribution >= 0.6 is 0 Å². The van der Waals surface area contributed by atoms with Gasteiger partial charge in [0.15, 0.2) is 0 Å². The van der Waals surface area contributed by atoms with E-state index in [9.17, 15) is 14.1 Å². The Morgan fingerprint density at radius 3 is 3.00 bits per heavy atom. The Kier molecular flexibility index (Phi) is 5.14. The second kappa shape index (κ2) is 7.11. The van der Waals surface area contributed by atoms with Gasteiger partial charge in [0.1, 0.15) is 0 Å².